The quantitative estimate of drug-likeness (QED) is 0.319. The molecule has 0 aliphatic carbocycles. The lowest BCUT2D eigenvalue weighted by atomic mass is 10.1. The lowest BCUT2D eigenvalue weighted by molar-refractivity contribution is 0.816. The third-order valence-electron chi connectivity index (χ3n) is 4.88. The van der Waals surface area contributed by atoms with Crippen LogP contribution < -0.4 is 5.32 Å². The Morgan fingerprint density at radius 1 is 1.07 bits per heavy atom. The van der Waals surface area contributed by atoms with Crippen molar-refractivity contribution in [2.75, 3.05) is 5.32 Å². The summed E-state index contributed by atoms with van der Waals surface area (Å²) in [6.07, 6.45) is 11.7. The molecule has 2 heterocycles. The minimum atomic E-state index is 0.686. The molecule has 0 aliphatic rings. The highest BCUT2D eigenvalue weighted by Gasteiger charge is 2.07. The number of hydrogen-bond donors (Lipinski definition) is 1. The molecule has 2 aromatic carbocycles. The smallest absolute Gasteiger partial charge is 0.123 e. The number of anilines is 1. The van der Waals surface area contributed by atoms with Crippen molar-refractivity contribution in [1.29, 1.82) is 0 Å². The largest absolute Gasteiger partial charge is 0.378 e. The highest BCUT2D eigenvalue weighted by Crippen LogP contribution is 2.27. The molecule has 4 rings (SSSR count). The highest BCUT2D eigenvalue weighted by atomic mass is 32.1. The Bertz CT molecular complexity index is 1110. The van der Waals surface area contributed by atoms with Gasteiger partial charge in [-0.05, 0) is 29.3 Å². The summed E-state index contributed by atoms with van der Waals surface area (Å²) in [5.41, 5.74) is 4.42. The first-order chi connectivity index (χ1) is 14.3. The fourth-order valence-electron chi connectivity index (χ4n) is 3.26. The second-order valence-corrected chi connectivity index (χ2v) is 7.93. The summed E-state index contributed by atoms with van der Waals surface area (Å²) in [5.74, 6) is 0. The van der Waals surface area contributed by atoms with E-state index < -0.39 is 0 Å². The number of pyridine rings is 1. The Morgan fingerprint density at radius 3 is 2.86 bits per heavy atom. The number of allylic oxidation sites excluding steroid dienone is 1. The molecule has 0 amide bonds. The zero-order valence-corrected chi connectivity index (χ0v) is 17.5. The Hall–Kier alpha value is -2.98. The number of nitrogens with one attached hydrogen (secondary N) is 1. The molecule has 0 radical (unpaired) electrons. The molecule has 0 saturated heterocycles. The van der Waals surface area contributed by atoms with Gasteiger partial charge in [-0.2, -0.15) is 0 Å². The van der Waals surface area contributed by atoms with Gasteiger partial charge in [0.15, 0.2) is 0 Å². The third-order valence-corrected chi connectivity index (χ3v) is 5.82. The number of aromatic nitrogens is 2. The average Bonchev–Trinajstić information content (AvgIpc) is 3.25. The van der Waals surface area contributed by atoms with Gasteiger partial charge in [0.2, 0.25) is 0 Å². The fourth-order valence-corrected chi connectivity index (χ4v) is 4.08. The average molecular weight is 400 g/mol. The van der Waals surface area contributed by atoms with Crippen molar-refractivity contribution in [2.45, 2.75) is 32.7 Å². The normalized spacial score (nSPS) is 11.3. The zero-order chi connectivity index (χ0) is 19.9. The van der Waals surface area contributed by atoms with E-state index in [4.69, 9.17) is 4.98 Å². The van der Waals surface area contributed by atoms with Crippen LogP contribution in [0.4, 0.5) is 5.69 Å². The van der Waals surface area contributed by atoms with Crippen molar-refractivity contribution in [1.82, 2.24) is 9.97 Å². The van der Waals surface area contributed by atoms with Crippen molar-refractivity contribution in [3.8, 4) is 10.6 Å². The Balaban J connectivity index is 1.45. The predicted molar refractivity (Wildman–Crippen MR) is 125 cm³/mol. The second-order valence-electron chi connectivity index (χ2n) is 7.07. The molecule has 0 bridgehead atoms. The summed E-state index contributed by atoms with van der Waals surface area (Å²) in [4.78, 5) is 9.11. The predicted octanol–water partition coefficient (Wildman–Crippen LogP) is 7.17. The van der Waals surface area contributed by atoms with Crippen LogP contribution in [0.25, 0.3) is 27.4 Å². The molecule has 0 aliphatic heterocycles. The molecular weight excluding hydrogens is 374 g/mol. The Morgan fingerprint density at radius 2 is 1.97 bits per heavy atom. The molecule has 0 saturated carbocycles. The number of benzene rings is 2. The SMILES string of the molecule is CCCC/C=C\c1ccncc1NCc1csc(-c2ccc3ccccc3c2)n1. The lowest BCUT2D eigenvalue weighted by Crippen LogP contribution is -2.01. The van der Waals surface area contributed by atoms with Crippen molar-refractivity contribution in [3.63, 3.8) is 0 Å². The van der Waals surface area contributed by atoms with Crippen molar-refractivity contribution < 1.29 is 0 Å². The second kappa shape index (κ2) is 9.48. The maximum absolute atomic E-state index is 4.84. The van der Waals surface area contributed by atoms with Crippen LogP contribution in [0.2, 0.25) is 0 Å². The van der Waals surface area contributed by atoms with E-state index in [1.165, 1.54) is 34.7 Å². The van der Waals surface area contributed by atoms with Crippen LogP contribution in [0.1, 0.15) is 37.4 Å². The lowest BCUT2D eigenvalue weighted by Gasteiger charge is -2.07. The molecule has 0 unspecified atom stereocenters. The summed E-state index contributed by atoms with van der Waals surface area (Å²) in [5, 5.41) is 9.18. The van der Waals surface area contributed by atoms with E-state index in [0.29, 0.717) is 6.54 Å². The van der Waals surface area contributed by atoms with Crippen LogP contribution >= 0.6 is 11.3 Å². The first-order valence-electron chi connectivity index (χ1n) is 10.1. The van der Waals surface area contributed by atoms with E-state index in [-0.39, 0.29) is 0 Å². The summed E-state index contributed by atoms with van der Waals surface area (Å²) in [7, 11) is 0. The molecule has 29 heavy (non-hydrogen) atoms. The summed E-state index contributed by atoms with van der Waals surface area (Å²) in [6, 6.07) is 17.0. The van der Waals surface area contributed by atoms with E-state index in [9.17, 15) is 0 Å². The van der Waals surface area contributed by atoms with Gasteiger partial charge in [-0.15, -0.1) is 11.3 Å². The van der Waals surface area contributed by atoms with Crippen molar-refractivity contribution in [3.05, 3.63) is 83.6 Å². The molecule has 0 spiro atoms. The summed E-state index contributed by atoms with van der Waals surface area (Å²) in [6.45, 7) is 2.90. The van der Waals surface area contributed by atoms with Gasteiger partial charge in [-0.3, -0.25) is 4.98 Å². The third kappa shape index (κ3) is 4.90. The molecule has 0 atom stereocenters. The van der Waals surface area contributed by atoms with Gasteiger partial charge in [0.1, 0.15) is 5.01 Å². The number of rotatable bonds is 8. The number of fused-ring (bicyclic) bond motifs is 1. The zero-order valence-electron chi connectivity index (χ0n) is 16.6. The number of thiazole rings is 1. The topological polar surface area (TPSA) is 37.8 Å². The fraction of sp³-hybridized carbons (Fsp3) is 0.200. The first-order valence-corrected chi connectivity index (χ1v) is 11.0. The van der Waals surface area contributed by atoms with Crippen LogP contribution in [0.15, 0.2) is 72.4 Å². The van der Waals surface area contributed by atoms with E-state index in [2.05, 4.69) is 77.2 Å². The minimum absolute atomic E-state index is 0.686. The van der Waals surface area contributed by atoms with E-state index in [0.717, 1.165) is 22.8 Å². The number of unbranched alkanes of at least 4 members (excludes halogenated alkanes) is 2. The monoisotopic (exact) mass is 399 g/mol. The summed E-state index contributed by atoms with van der Waals surface area (Å²) >= 11 is 1.69. The van der Waals surface area contributed by atoms with Crippen LogP contribution in [0.3, 0.4) is 0 Å². The molecule has 1 N–H and O–H groups in total. The molecular formula is C25H25N3S. The van der Waals surface area contributed by atoms with E-state index in [1.807, 2.05) is 18.5 Å². The molecule has 4 aromatic rings. The number of hydrogen-bond acceptors (Lipinski definition) is 4. The van der Waals surface area contributed by atoms with Gasteiger partial charge in [0, 0.05) is 22.7 Å². The van der Waals surface area contributed by atoms with Crippen LogP contribution in [0, 0.1) is 0 Å². The van der Waals surface area contributed by atoms with Crippen LogP contribution in [-0.4, -0.2) is 9.97 Å². The van der Waals surface area contributed by atoms with Gasteiger partial charge >= 0.3 is 0 Å². The molecule has 4 heteroatoms. The molecule has 146 valence electrons. The maximum Gasteiger partial charge on any atom is 0.123 e. The van der Waals surface area contributed by atoms with Gasteiger partial charge in [0.05, 0.1) is 24.1 Å². The minimum Gasteiger partial charge on any atom is -0.378 e. The first kappa shape index (κ1) is 19.3. The Labute approximate surface area is 176 Å². The number of nitrogens with zero attached hydrogens (tertiary/aromatic N) is 2. The highest BCUT2D eigenvalue weighted by molar-refractivity contribution is 7.13. The van der Waals surface area contributed by atoms with E-state index >= 15 is 0 Å². The van der Waals surface area contributed by atoms with Crippen LogP contribution in [0.5, 0.6) is 0 Å². The standard InChI is InChI=1S/C25H25N3S/c1-2-3-4-5-9-20-13-14-26-17-24(20)27-16-23-18-29-25(28-23)22-12-11-19-8-6-7-10-21(19)15-22/h5-15,17-18,27H,2-4,16H2,1H3/b9-5-. The van der Waals surface area contributed by atoms with Gasteiger partial charge in [0.25, 0.3) is 0 Å². The van der Waals surface area contributed by atoms with E-state index in [1.54, 1.807) is 11.3 Å². The van der Waals surface area contributed by atoms with Gasteiger partial charge in [-0.1, -0.05) is 68.3 Å². The van der Waals surface area contributed by atoms with Gasteiger partial charge < -0.3 is 5.32 Å². The Kier molecular flexibility index (Phi) is 6.32. The summed E-state index contributed by atoms with van der Waals surface area (Å²) < 4.78 is 0. The molecule has 3 nitrogen and oxygen atoms in total. The van der Waals surface area contributed by atoms with Crippen molar-refractivity contribution >= 4 is 33.9 Å². The van der Waals surface area contributed by atoms with Gasteiger partial charge in [-0.25, -0.2) is 4.98 Å². The maximum atomic E-state index is 4.84. The molecule has 0 fully saturated rings. The van der Waals surface area contributed by atoms with Crippen LogP contribution in [-0.2, 0) is 6.54 Å². The molecule has 2 aromatic heterocycles. The van der Waals surface area contributed by atoms with Crippen molar-refractivity contribution in [2.24, 2.45) is 0 Å².